The van der Waals surface area contributed by atoms with Crippen LogP contribution in [0.25, 0.3) is 0 Å². The summed E-state index contributed by atoms with van der Waals surface area (Å²) in [4.78, 5) is 24.5. The summed E-state index contributed by atoms with van der Waals surface area (Å²) in [5.74, 6) is -1.03. The fourth-order valence-electron chi connectivity index (χ4n) is 2.14. The fraction of sp³-hybridized carbons (Fsp3) is 0.583. The Morgan fingerprint density at radius 1 is 1.37 bits per heavy atom. The Morgan fingerprint density at radius 2 is 2.11 bits per heavy atom. The summed E-state index contributed by atoms with van der Waals surface area (Å²) in [7, 11) is 0. The first kappa shape index (κ1) is 13.5. The molecule has 0 saturated carbocycles. The van der Waals surface area contributed by atoms with Gasteiger partial charge in [0.25, 0.3) is 0 Å². The van der Waals surface area contributed by atoms with Crippen molar-refractivity contribution in [3.8, 4) is 0 Å². The van der Waals surface area contributed by atoms with Gasteiger partial charge in [-0.2, -0.15) is 5.10 Å². The molecular weight excluding hydrogens is 248 g/mol. The highest BCUT2D eigenvalue weighted by Crippen LogP contribution is 2.09. The van der Waals surface area contributed by atoms with Crippen LogP contribution in [0.2, 0.25) is 0 Å². The minimum atomic E-state index is -0.963. The van der Waals surface area contributed by atoms with E-state index in [-0.39, 0.29) is 12.5 Å². The maximum absolute atomic E-state index is 11.7. The molecular formula is C12H18N4O3. The molecule has 1 aromatic rings. The summed E-state index contributed by atoms with van der Waals surface area (Å²) < 4.78 is 1.28. The summed E-state index contributed by atoms with van der Waals surface area (Å²) in [5, 5.41) is 15.2. The van der Waals surface area contributed by atoms with Gasteiger partial charge in [0, 0.05) is 19.2 Å². The molecule has 0 radical (unpaired) electrons. The number of amides is 1. The van der Waals surface area contributed by atoms with E-state index in [1.54, 1.807) is 0 Å². The molecule has 7 heteroatoms. The molecule has 7 nitrogen and oxygen atoms in total. The Balaban J connectivity index is 1.74. The van der Waals surface area contributed by atoms with Crippen LogP contribution >= 0.6 is 0 Å². The van der Waals surface area contributed by atoms with Crippen LogP contribution < -0.4 is 5.32 Å². The second kappa shape index (κ2) is 6.33. The van der Waals surface area contributed by atoms with Crippen LogP contribution in [0.1, 0.15) is 19.3 Å². The monoisotopic (exact) mass is 266 g/mol. The highest BCUT2D eigenvalue weighted by Gasteiger charge is 2.13. The van der Waals surface area contributed by atoms with Crippen molar-refractivity contribution < 1.29 is 14.7 Å². The second-order valence-corrected chi connectivity index (χ2v) is 4.67. The number of aromatic nitrogens is 2. The first-order valence-electron chi connectivity index (χ1n) is 6.40. The summed E-state index contributed by atoms with van der Waals surface area (Å²) >= 11 is 0. The lowest BCUT2D eigenvalue weighted by Crippen LogP contribution is -2.24. The molecule has 2 heterocycles. The minimum absolute atomic E-state index is 0.0678. The highest BCUT2D eigenvalue weighted by molar-refractivity contribution is 5.90. The van der Waals surface area contributed by atoms with E-state index in [9.17, 15) is 9.59 Å². The number of nitrogens with zero attached hydrogens (tertiary/aromatic N) is 3. The van der Waals surface area contributed by atoms with E-state index < -0.39 is 5.97 Å². The normalized spacial score (nSPS) is 15.6. The molecule has 1 aromatic heterocycles. The van der Waals surface area contributed by atoms with Gasteiger partial charge in [-0.3, -0.25) is 14.3 Å². The Labute approximate surface area is 111 Å². The first-order chi connectivity index (χ1) is 9.13. The van der Waals surface area contributed by atoms with Gasteiger partial charge in [-0.05, 0) is 25.9 Å². The second-order valence-electron chi connectivity index (χ2n) is 4.67. The van der Waals surface area contributed by atoms with Gasteiger partial charge in [-0.15, -0.1) is 0 Å². The van der Waals surface area contributed by atoms with Gasteiger partial charge in [-0.25, -0.2) is 0 Å². The minimum Gasteiger partial charge on any atom is -0.480 e. The third kappa shape index (κ3) is 4.36. The summed E-state index contributed by atoms with van der Waals surface area (Å²) in [6.07, 6.45) is 5.84. The highest BCUT2D eigenvalue weighted by atomic mass is 16.4. The molecule has 1 amide bonds. The van der Waals surface area contributed by atoms with Crippen molar-refractivity contribution in [2.24, 2.45) is 0 Å². The van der Waals surface area contributed by atoms with E-state index >= 15 is 0 Å². The SMILES string of the molecule is O=C(O)Cn1cc(NC(=O)CCN2CCCC2)cn1. The molecule has 104 valence electrons. The van der Waals surface area contributed by atoms with Crippen LogP contribution in [0.4, 0.5) is 5.69 Å². The van der Waals surface area contributed by atoms with Crippen LogP contribution in [0, 0.1) is 0 Å². The predicted molar refractivity (Wildman–Crippen MR) is 68.8 cm³/mol. The van der Waals surface area contributed by atoms with Gasteiger partial charge < -0.3 is 15.3 Å². The van der Waals surface area contributed by atoms with E-state index in [1.165, 1.54) is 29.9 Å². The van der Waals surface area contributed by atoms with E-state index in [1.807, 2.05) is 0 Å². The molecule has 19 heavy (non-hydrogen) atoms. The maximum atomic E-state index is 11.7. The molecule has 0 unspecified atom stereocenters. The summed E-state index contributed by atoms with van der Waals surface area (Å²) in [5.41, 5.74) is 0.535. The standard InChI is InChI=1S/C12H18N4O3/c17-11(3-6-15-4-1-2-5-15)14-10-7-13-16(8-10)9-12(18)19/h7-8H,1-6,9H2,(H,14,17)(H,18,19). The first-order valence-corrected chi connectivity index (χ1v) is 6.40. The quantitative estimate of drug-likeness (QED) is 0.778. The number of likely N-dealkylation sites (tertiary alicyclic amines) is 1. The average Bonchev–Trinajstić information content (AvgIpc) is 2.97. The van der Waals surface area contributed by atoms with Crippen molar-refractivity contribution in [2.75, 3.05) is 25.0 Å². The largest absolute Gasteiger partial charge is 0.480 e. The van der Waals surface area contributed by atoms with Crippen molar-refractivity contribution in [1.29, 1.82) is 0 Å². The zero-order valence-electron chi connectivity index (χ0n) is 10.7. The van der Waals surface area contributed by atoms with Crippen LogP contribution in [-0.2, 0) is 16.1 Å². The average molecular weight is 266 g/mol. The molecule has 0 spiro atoms. The van der Waals surface area contributed by atoms with Crippen LogP contribution in [-0.4, -0.2) is 51.3 Å². The lowest BCUT2D eigenvalue weighted by molar-refractivity contribution is -0.137. The van der Waals surface area contributed by atoms with Crippen molar-refractivity contribution in [3.05, 3.63) is 12.4 Å². The third-order valence-electron chi connectivity index (χ3n) is 3.07. The molecule has 1 aliphatic rings. The van der Waals surface area contributed by atoms with E-state index in [2.05, 4.69) is 15.3 Å². The number of carbonyl (C=O) groups excluding carboxylic acids is 1. The van der Waals surface area contributed by atoms with Gasteiger partial charge in [0.05, 0.1) is 11.9 Å². The Hall–Kier alpha value is -1.89. The molecule has 0 atom stereocenters. The summed E-state index contributed by atoms with van der Waals surface area (Å²) in [6.45, 7) is 2.71. The van der Waals surface area contributed by atoms with Crippen molar-refractivity contribution >= 4 is 17.6 Å². The van der Waals surface area contributed by atoms with Gasteiger partial charge in [0.1, 0.15) is 6.54 Å². The summed E-state index contributed by atoms with van der Waals surface area (Å²) in [6, 6.07) is 0. The van der Waals surface area contributed by atoms with Crippen molar-refractivity contribution in [1.82, 2.24) is 14.7 Å². The van der Waals surface area contributed by atoms with E-state index in [0.29, 0.717) is 12.1 Å². The van der Waals surface area contributed by atoms with Crippen LogP contribution in [0.15, 0.2) is 12.4 Å². The number of carboxylic acids is 1. The number of rotatable bonds is 6. The van der Waals surface area contributed by atoms with Crippen LogP contribution in [0.5, 0.6) is 0 Å². The Kier molecular flexibility index (Phi) is 4.51. The molecule has 2 N–H and O–H groups in total. The van der Waals surface area contributed by atoms with E-state index in [0.717, 1.165) is 19.6 Å². The molecule has 1 fully saturated rings. The molecule has 0 aromatic carbocycles. The third-order valence-corrected chi connectivity index (χ3v) is 3.07. The lowest BCUT2D eigenvalue weighted by atomic mass is 10.3. The number of nitrogens with one attached hydrogen (secondary N) is 1. The number of carboxylic acid groups (broad SMARTS) is 1. The zero-order valence-corrected chi connectivity index (χ0v) is 10.7. The number of hydrogen-bond acceptors (Lipinski definition) is 4. The van der Waals surface area contributed by atoms with Crippen molar-refractivity contribution in [2.45, 2.75) is 25.8 Å². The zero-order chi connectivity index (χ0) is 13.7. The van der Waals surface area contributed by atoms with Gasteiger partial charge in [0.2, 0.25) is 5.91 Å². The molecule has 0 bridgehead atoms. The number of hydrogen-bond donors (Lipinski definition) is 2. The topological polar surface area (TPSA) is 87.5 Å². The van der Waals surface area contributed by atoms with Crippen LogP contribution in [0.3, 0.4) is 0 Å². The lowest BCUT2D eigenvalue weighted by Gasteiger charge is -2.13. The number of carbonyl (C=O) groups is 2. The molecule has 0 aliphatic carbocycles. The number of aliphatic carboxylic acids is 1. The predicted octanol–water partition coefficient (Wildman–Crippen LogP) is 0.392. The van der Waals surface area contributed by atoms with Gasteiger partial charge in [-0.1, -0.05) is 0 Å². The molecule has 2 rings (SSSR count). The Bertz CT molecular complexity index is 452. The molecule has 1 saturated heterocycles. The van der Waals surface area contributed by atoms with E-state index in [4.69, 9.17) is 5.11 Å². The smallest absolute Gasteiger partial charge is 0.325 e. The van der Waals surface area contributed by atoms with Crippen molar-refractivity contribution in [3.63, 3.8) is 0 Å². The number of anilines is 1. The fourth-order valence-corrected chi connectivity index (χ4v) is 2.14. The van der Waals surface area contributed by atoms with Gasteiger partial charge in [0.15, 0.2) is 0 Å². The van der Waals surface area contributed by atoms with Gasteiger partial charge >= 0.3 is 5.97 Å². The molecule has 1 aliphatic heterocycles. The maximum Gasteiger partial charge on any atom is 0.325 e. The Morgan fingerprint density at radius 3 is 2.79 bits per heavy atom.